The number of furan rings is 1. The number of amides is 1. The van der Waals surface area contributed by atoms with Crippen LogP contribution in [0.1, 0.15) is 49.4 Å². The number of aryl methyl sites for hydroxylation is 1. The first-order valence-corrected chi connectivity index (χ1v) is 8.64. The molecule has 2 aromatic rings. The van der Waals surface area contributed by atoms with Crippen molar-refractivity contribution in [2.75, 3.05) is 11.9 Å². The molecule has 2 aromatic heterocycles. The van der Waals surface area contributed by atoms with Crippen LogP contribution in [0.3, 0.4) is 0 Å². The highest BCUT2D eigenvalue weighted by atomic mass is 16.5. The van der Waals surface area contributed by atoms with Crippen molar-refractivity contribution in [1.29, 1.82) is 0 Å². The predicted octanol–water partition coefficient (Wildman–Crippen LogP) is 3.30. The molecule has 6 nitrogen and oxygen atoms in total. The monoisotopic (exact) mass is 329 g/mol. The van der Waals surface area contributed by atoms with E-state index in [-0.39, 0.29) is 5.91 Å². The standard InChI is InChI=1S/C18H23N3O3/c1-11-7-15(11)16-6-5-14(23-16)9-21(13-3-4-13)10-18(22)19-17-8-12(2)24-20-17/h5-6,8,11,13,15H,3-4,7,9-10H2,1-2H3,(H,19,20,22). The van der Waals surface area contributed by atoms with Gasteiger partial charge in [0.2, 0.25) is 5.91 Å². The van der Waals surface area contributed by atoms with Gasteiger partial charge < -0.3 is 14.3 Å². The Morgan fingerprint density at radius 1 is 1.42 bits per heavy atom. The van der Waals surface area contributed by atoms with Gasteiger partial charge in [-0.15, -0.1) is 0 Å². The number of carbonyl (C=O) groups excluding carboxylic acids is 1. The second-order valence-electron chi connectivity index (χ2n) is 7.13. The van der Waals surface area contributed by atoms with Gasteiger partial charge in [0.05, 0.1) is 13.1 Å². The molecule has 2 heterocycles. The number of carbonyl (C=O) groups is 1. The molecule has 0 aromatic carbocycles. The van der Waals surface area contributed by atoms with Crippen LogP contribution in [0.15, 0.2) is 27.1 Å². The molecule has 0 aliphatic heterocycles. The summed E-state index contributed by atoms with van der Waals surface area (Å²) in [7, 11) is 0. The van der Waals surface area contributed by atoms with E-state index in [9.17, 15) is 4.79 Å². The maximum absolute atomic E-state index is 12.3. The van der Waals surface area contributed by atoms with Gasteiger partial charge in [0.15, 0.2) is 5.82 Å². The van der Waals surface area contributed by atoms with Crippen molar-refractivity contribution in [3.05, 3.63) is 35.5 Å². The van der Waals surface area contributed by atoms with E-state index >= 15 is 0 Å². The van der Waals surface area contributed by atoms with Gasteiger partial charge in [-0.25, -0.2) is 0 Å². The molecular weight excluding hydrogens is 306 g/mol. The molecule has 1 amide bonds. The number of nitrogens with one attached hydrogen (secondary N) is 1. The SMILES string of the molecule is Cc1cc(NC(=O)CN(Cc2ccc(C3CC3C)o2)C2CC2)no1. The third-order valence-electron chi connectivity index (χ3n) is 4.82. The van der Waals surface area contributed by atoms with E-state index in [1.807, 2.05) is 0 Å². The van der Waals surface area contributed by atoms with Gasteiger partial charge >= 0.3 is 0 Å². The van der Waals surface area contributed by atoms with E-state index in [1.54, 1.807) is 13.0 Å². The summed E-state index contributed by atoms with van der Waals surface area (Å²) in [5.41, 5.74) is 0. The Morgan fingerprint density at radius 3 is 2.83 bits per heavy atom. The van der Waals surface area contributed by atoms with Crippen molar-refractivity contribution in [2.45, 2.75) is 51.6 Å². The molecular formula is C18H23N3O3. The summed E-state index contributed by atoms with van der Waals surface area (Å²) in [6, 6.07) is 6.33. The Morgan fingerprint density at radius 2 is 2.21 bits per heavy atom. The first kappa shape index (κ1) is 15.4. The van der Waals surface area contributed by atoms with E-state index in [0.29, 0.717) is 36.6 Å². The summed E-state index contributed by atoms with van der Waals surface area (Å²) in [5.74, 6) is 4.44. The summed E-state index contributed by atoms with van der Waals surface area (Å²) in [6.07, 6.45) is 3.51. The van der Waals surface area contributed by atoms with Crippen molar-refractivity contribution in [1.82, 2.24) is 10.1 Å². The molecule has 0 spiro atoms. The quantitative estimate of drug-likeness (QED) is 0.844. The van der Waals surface area contributed by atoms with Crippen molar-refractivity contribution in [2.24, 2.45) is 5.92 Å². The highest BCUT2D eigenvalue weighted by Gasteiger charge is 2.37. The Hall–Kier alpha value is -2.08. The maximum Gasteiger partial charge on any atom is 0.239 e. The fraction of sp³-hybridized carbons (Fsp3) is 0.556. The van der Waals surface area contributed by atoms with E-state index in [0.717, 1.165) is 30.3 Å². The summed E-state index contributed by atoms with van der Waals surface area (Å²) < 4.78 is 11.0. The molecule has 2 aliphatic rings. The molecule has 2 aliphatic carbocycles. The second-order valence-corrected chi connectivity index (χ2v) is 7.13. The molecule has 24 heavy (non-hydrogen) atoms. The average molecular weight is 329 g/mol. The van der Waals surface area contributed by atoms with Crippen LogP contribution in [-0.4, -0.2) is 28.6 Å². The highest BCUT2D eigenvalue weighted by molar-refractivity contribution is 5.91. The van der Waals surface area contributed by atoms with Gasteiger partial charge in [0.25, 0.3) is 0 Å². The van der Waals surface area contributed by atoms with Gasteiger partial charge in [0, 0.05) is 18.0 Å². The molecule has 2 saturated carbocycles. The molecule has 0 saturated heterocycles. The Balaban J connectivity index is 1.35. The minimum absolute atomic E-state index is 0.0715. The van der Waals surface area contributed by atoms with Crippen LogP contribution in [0.5, 0.6) is 0 Å². The van der Waals surface area contributed by atoms with Gasteiger partial charge in [-0.1, -0.05) is 12.1 Å². The van der Waals surface area contributed by atoms with Gasteiger partial charge in [-0.2, -0.15) is 0 Å². The van der Waals surface area contributed by atoms with Crippen LogP contribution in [-0.2, 0) is 11.3 Å². The molecule has 0 radical (unpaired) electrons. The number of nitrogens with zero attached hydrogens (tertiary/aromatic N) is 2. The molecule has 0 bridgehead atoms. The highest BCUT2D eigenvalue weighted by Crippen LogP contribution is 2.47. The fourth-order valence-corrected chi connectivity index (χ4v) is 3.14. The fourth-order valence-electron chi connectivity index (χ4n) is 3.14. The number of hydrogen-bond donors (Lipinski definition) is 1. The Kier molecular flexibility index (Phi) is 3.92. The molecule has 128 valence electrons. The van der Waals surface area contributed by atoms with Gasteiger partial charge in [0.1, 0.15) is 17.3 Å². The normalized spacial score (nSPS) is 22.8. The third-order valence-corrected chi connectivity index (χ3v) is 4.82. The van der Waals surface area contributed by atoms with Crippen molar-refractivity contribution >= 4 is 11.7 Å². The zero-order valence-corrected chi connectivity index (χ0v) is 14.1. The lowest BCUT2D eigenvalue weighted by Gasteiger charge is -2.19. The van der Waals surface area contributed by atoms with E-state index < -0.39 is 0 Å². The molecule has 2 fully saturated rings. The summed E-state index contributed by atoms with van der Waals surface area (Å²) in [4.78, 5) is 14.4. The van der Waals surface area contributed by atoms with Crippen LogP contribution < -0.4 is 5.32 Å². The molecule has 4 rings (SSSR count). The largest absolute Gasteiger partial charge is 0.464 e. The number of rotatable bonds is 7. The third kappa shape index (κ3) is 3.53. The van der Waals surface area contributed by atoms with Crippen LogP contribution in [0.25, 0.3) is 0 Å². The lowest BCUT2D eigenvalue weighted by Crippen LogP contribution is -2.34. The average Bonchev–Trinajstić information content (AvgIpc) is 3.42. The minimum Gasteiger partial charge on any atom is -0.464 e. The minimum atomic E-state index is -0.0715. The zero-order chi connectivity index (χ0) is 16.7. The number of aromatic nitrogens is 1. The van der Waals surface area contributed by atoms with Gasteiger partial charge in [-0.05, 0) is 44.2 Å². The first-order chi connectivity index (χ1) is 11.6. The molecule has 6 heteroatoms. The number of anilines is 1. The summed E-state index contributed by atoms with van der Waals surface area (Å²) in [5, 5.41) is 6.59. The van der Waals surface area contributed by atoms with Crippen LogP contribution in [0.4, 0.5) is 5.82 Å². The van der Waals surface area contributed by atoms with Crippen LogP contribution in [0, 0.1) is 12.8 Å². The lowest BCUT2D eigenvalue weighted by atomic mass is 10.3. The zero-order valence-electron chi connectivity index (χ0n) is 14.1. The summed E-state index contributed by atoms with van der Waals surface area (Å²) >= 11 is 0. The predicted molar refractivity (Wildman–Crippen MR) is 88.5 cm³/mol. The second kappa shape index (κ2) is 6.09. The lowest BCUT2D eigenvalue weighted by molar-refractivity contribution is -0.117. The van der Waals surface area contributed by atoms with Crippen molar-refractivity contribution < 1.29 is 13.7 Å². The van der Waals surface area contributed by atoms with Crippen LogP contribution in [0.2, 0.25) is 0 Å². The van der Waals surface area contributed by atoms with E-state index in [1.165, 1.54) is 6.42 Å². The van der Waals surface area contributed by atoms with Crippen molar-refractivity contribution in [3.63, 3.8) is 0 Å². The molecule has 2 unspecified atom stereocenters. The van der Waals surface area contributed by atoms with Crippen LogP contribution >= 0.6 is 0 Å². The Bertz CT molecular complexity index is 731. The maximum atomic E-state index is 12.3. The number of hydrogen-bond acceptors (Lipinski definition) is 5. The van der Waals surface area contributed by atoms with Gasteiger partial charge in [-0.3, -0.25) is 9.69 Å². The first-order valence-electron chi connectivity index (χ1n) is 8.64. The van der Waals surface area contributed by atoms with E-state index in [4.69, 9.17) is 8.94 Å². The van der Waals surface area contributed by atoms with Crippen molar-refractivity contribution in [3.8, 4) is 0 Å². The van der Waals surface area contributed by atoms with E-state index in [2.05, 4.69) is 34.4 Å². The molecule has 1 N–H and O–H groups in total. The summed E-state index contributed by atoms with van der Waals surface area (Å²) in [6.45, 7) is 5.07. The smallest absolute Gasteiger partial charge is 0.239 e. The Labute approximate surface area is 141 Å². The topological polar surface area (TPSA) is 71.5 Å². The molecule has 2 atom stereocenters.